The van der Waals surface area contributed by atoms with Gasteiger partial charge in [-0.05, 0) is 7.05 Å². The zero-order valence-electron chi connectivity index (χ0n) is 21.5. The molecule has 0 bridgehead atoms. The lowest BCUT2D eigenvalue weighted by atomic mass is 9.99. The van der Waals surface area contributed by atoms with Crippen LogP contribution in [0.15, 0.2) is 45.6 Å². The lowest BCUT2D eigenvalue weighted by Gasteiger charge is -2.38. The summed E-state index contributed by atoms with van der Waals surface area (Å²) in [4.78, 5) is 29.0. The Bertz CT molecular complexity index is 1450. The standard InChI is InChI=1S/C27H30N2O11/c1-28-7-9-29(10-8-28)12-14-18(31)24(39-27-22(35)20(33)21(34)25(40-27)26(36)37)19(32)17-15(30)11-16(38-23(14)17)13-5-3-2-4-6-13/h2-6,11,20-22,25,27,31-35H,7-10,12H2,1H3,(H,36,37). The van der Waals surface area contributed by atoms with Gasteiger partial charge in [0.2, 0.25) is 12.0 Å². The van der Waals surface area contributed by atoms with Crippen LogP contribution in [0, 0.1) is 0 Å². The van der Waals surface area contributed by atoms with Crippen LogP contribution in [0.2, 0.25) is 0 Å². The number of phenols is 2. The summed E-state index contributed by atoms with van der Waals surface area (Å²) in [6.07, 6.45) is -9.81. The van der Waals surface area contributed by atoms with Crippen LogP contribution in [-0.2, 0) is 16.1 Å². The number of carbonyl (C=O) groups is 1. The zero-order valence-corrected chi connectivity index (χ0v) is 21.5. The van der Waals surface area contributed by atoms with Crippen molar-refractivity contribution in [1.29, 1.82) is 0 Å². The Labute approximate surface area is 227 Å². The predicted molar refractivity (Wildman–Crippen MR) is 139 cm³/mol. The molecule has 0 saturated carbocycles. The third kappa shape index (κ3) is 5.10. The lowest BCUT2D eigenvalue weighted by Crippen LogP contribution is -2.61. The van der Waals surface area contributed by atoms with Crippen molar-refractivity contribution >= 4 is 16.9 Å². The van der Waals surface area contributed by atoms with Gasteiger partial charge in [0.1, 0.15) is 29.5 Å². The Morgan fingerprint density at radius 2 is 1.68 bits per heavy atom. The Hall–Kier alpha value is -3.72. The number of fused-ring (bicyclic) bond motifs is 1. The molecule has 5 unspecified atom stereocenters. The molecule has 1 aromatic heterocycles. The van der Waals surface area contributed by atoms with E-state index in [9.17, 15) is 40.2 Å². The molecule has 3 heterocycles. The number of phenolic OH excluding ortho intramolecular Hbond substituents is 2. The average molecular weight is 559 g/mol. The molecule has 0 amide bonds. The Morgan fingerprint density at radius 3 is 2.33 bits per heavy atom. The van der Waals surface area contributed by atoms with Crippen LogP contribution >= 0.6 is 0 Å². The molecule has 5 rings (SSSR count). The fourth-order valence-corrected chi connectivity index (χ4v) is 4.90. The smallest absolute Gasteiger partial charge is 0.335 e. The number of aliphatic hydroxyl groups is 3. The summed E-state index contributed by atoms with van der Waals surface area (Å²) >= 11 is 0. The third-order valence-electron chi connectivity index (χ3n) is 7.26. The van der Waals surface area contributed by atoms with Crippen molar-refractivity contribution in [1.82, 2.24) is 9.80 Å². The van der Waals surface area contributed by atoms with Crippen LogP contribution in [0.4, 0.5) is 0 Å². The van der Waals surface area contributed by atoms with E-state index in [0.29, 0.717) is 18.7 Å². The fourth-order valence-electron chi connectivity index (χ4n) is 4.90. The summed E-state index contributed by atoms with van der Waals surface area (Å²) in [6.45, 7) is 2.86. The molecule has 2 aliphatic rings. The number of nitrogens with zero attached hydrogens (tertiary/aromatic N) is 2. The van der Waals surface area contributed by atoms with Gasteiger partial charge in [-0.15, -0.1) is 0 Å². The van der Waals surface area contributed by atoms with Gasteiger partial charge >= 0.3 is 5.97 Å². The van der Waals surface area contributed by atoms with Gasteiger partial charge in [-0.2, -0.15) is 0 Å². The summed E-state index contributed by atoms with van der Waals surface area (Å²) in [5.41, 5.74) is -0.0112. The van der Waals surface area contributed by atoms with Crippen LogP contribution in [0.5, 0.6) is 17.2 Å². The molecule has 214 valence electrons. The van der Waals surface area contributed by atoms with Crippen molar-refractivity contribution < 1.29 is 49.3 Å². The molecule has 2 aromatic carbocycles. The highest BCUT2D eigenvalue weighted by molar-refractivity contribution is 5.92. The zero-order chi connectivity index (χ0) is 28.7. The summed E-state index contributed by atoms with van der Waals surface area (Å²) in [7, 11) is 1.98. The van der Waals surface area contributed by atoms with E-state index in [2.05, 4.69) is 4.90 Å². The molecule has 0 spiro atoms. The molecule has 5 atom stereocenters. The minimum Gasteiger partial charge on any atom is -0.504 e. The average Bonchev–Trinajstić information content (AvgIpc) is 2.94. The summed E-state index contributed by atoms with van der Waals surface area (Å²) in [5.74, 6) is -3.55. The normalized spacial score (nSPS) is 26.1. The molecule has 0 radical (unpaired) electrons. The highest BCUT2D eigenvalue weighted by Gasteiger charge is 2.48. The molecule has 2 saturated heterocycles. The summed E-state index contributed by atoms with van der Waals surface area (Å²) in [5, 5.41) is 62.1. The van der Waals surface area contributed by atoms with E-state index in [1.807, 2.05) is 11.9 Å². The van der Waals surface area contributed by atoms with E-state index in [-0.39, 0.29) is 28.8 Å². The van der Waals surface area contributed by atoms with E-state index in [1.165, 1.54) is 6.07 Å². The first-order valence-electron chi connectivity index (χ1n) is 12.7. The van der Waals surface area contributed by atoms with E-state index in [1.54, 1.807) is 30.3 Å². The number of hydrogen-bond acceptors (Lipinski definition) is 12. The van der Waals surface area contributed by atoms with Gasteiger partial charge < -0.3 is 49.4 Å². The second kappa shape index (κ2) is 11.0. The van der Waals surface area contributed by atoms with Gasteiger partial charge in [-0.1, -0.05) is 30.3 Å². The summed E-state index contributed by atoms with van der Waals surface area (Å²) in [6, 6.07) is 9.99. The van der Waals surface area contributed by atoms with Crippen LogP contribution in [0.3, 0.4) is 0 Å². The minimum atomic E-state index is -1.98. The highest BCUT2D eigenvalue weighted by atomic mass is 16.7. The molecular weight excluding hydrogens is 528 g/mol. The molecule has 13 heteroatoms. The minimum absolute atomic E-state index is 0.0726. The SMILES string of the molecule is CN1CCN(Cc2c(O)c(OC3OC(C(=O)O)C(O)C(O)C3O)c(O)c3c(=O)cc(-c4ccccc4)oc23)CC1. The molecular formula is C27H30N2O11. The number of carboxylic acid groups (broad SMARTS) is 1. The van der Waals surface area contributed by atoms with Gasteiger partial charge in [0.05, 0.1) is 5.56 Å². The first kappa shape index (κ1) is 27.8. The first-order valence-corrected chi connectivity index (χ1v) is 12.7. The van der Waals surface area contributed by atoms with Gasteiger partial charge in [-0.25, -0.2) is 4.79 Å². The number of piperazine rings is 1. The van der Waals surface area contributed by atoms with Crippen molar-refractivity contribution in [2.24, 2.45) is 0 Å². The van der Waals surface area contributed by atoms with Gasteiger partial charge in [0.15, 0.2) is 28.6 Å². The van der Waals surface area contributed by atoms with Crippen molar-refractivity contribution in [3.63, 3.8) is 0 Å². The second-order valence-electron chi connectivity index (χ2n) is 9.98. The number of aromatic hydroxyl groups is 2. The monoisotopic (exact) mass is 558 g/mol. The highest BCUT2D eigenvalue weighted by Crippen LogP contribution is 2.47. The number of likely N-dealkylation sites (N-methyl/N-ethyl adjacent to an activating group) is 1. The van der Waals surface area contributed by atoms with Gasteiger partial charge in [0, 0.05) is 44.4 Å². The number of aliphatic carboxylic acids is 1. The largest absolute Gasteiger partial charge is 0.504 e. The molecule has 40 heavy (non-hydrogen) atoms. The summed E-state index contributed by atoms with van der Waals surface area (Å²) < 4.78 is 16.8. The molecule has 13 nitrogen and oxygen atoms in total. The molecule has 2 fully saturated rings. The van der Waals surface area contributed by atoms with Crippen LogP contribution in [-0.4, -0.2) is 110 Å². The lowest BCUT2D eigenvalue weighted by molar-refractivity contribution is -0.271. The maximum Gasteiger partial charge on any atom is 0.335 e. The number of aliphatic hydroxyl groups excluding tert-OH is 3. The number of rotatable bonds is 6. The number of ether oxygens (including phenoxy) is 2. The quantitative estimate of drug-likeness (QED) is 0.235. The topological polar surface area (TPSA) is 194 Å². The fraction of sp³-hybridized carbons (Fsp3) is 0.407. The Kier molecular flexibility index (Phi) is 7.68. The second-order valence-corrected chi connectivity index (χ2v) is 9.98. The van der Waals surface area contributed by atoms with Crippen molar-refractivity contribution in [2.45, 2.75) is 37.3 Å². The Morgan fingerprint density at radius 1 is 1.00 bits per heavy atom. The molecule has 3 aromatic rings. The Balaban J connectivity index is 1.63. The maximum atomic E-state index is 13.3. The van der Waals surface area contributed by atoms with Crippen molar-refractivity contribution in [3.8, 4) is 28.6 Å². The van der Waals surface area contributed by atoms with Crippen LogP contribution in [0.1, 0.15) is 5.56 Å². The van der Waals surface area contributed by atoms with Crippen molar-refractivity contribution in [3.05, 3.63) is 52.2 Å². The molecule has 6 N–H and O–H groups in total. The first-order chi connectivity index (χ1) is 19.1. The van der Waals surface area contributed by atoms with Gasteiger partial charge in [0.25, 0.3) is 0 Å². The van der Waals surface area contributed by atoms with Crippen molar-refractivity contribution in [2.75, 3.05) is 33.2 Å². The van der Waals surface area contributed by atoms with Gasteiger partial charge in [-0.3, -0.25) is 9.69 Å². The third-order valence-corrected chi connectivity index (χ3v) is 7.26. The van der Waals surface area contributed by atoms with E-state index < -0.39 is 59.4 Å². The van der Waals surface area contributed by atoms with Crippen LogP contribution in [0.25, 0.3) is 22.3 Å². The number of carboxylic acids is 1. The maximum absolute atomic E-state index is 13.3. The predicted octanol–water partition coefficient (Wildman–Crippen LogP) is -0.110. The molecule has 0 aliphatic carbocycles. The van der Waals surface area contributed by atoms with E-state index in [0.717, 1.165) is 13.1 Å². The number of hydrogen-bond donors (Lipinski definition) is 6. The van der Waals surface area contributed by atoms with Crippen LogP contribution < -0.4 is 10.2 Å². The van der Waals surface area contributed by atoms with E-state index >= 15 is 0 Å². The number of benzene rings is 2. The van der Waals surface area contributed by atoms with E-state index in [4.69, 9.17) is 13.9 Å². The molecule has 2 aliphatic heterocycles.